The molecule has 1 aromatic heterocycles. The first kappa shape index (κ1) is 19.0. The molecule has 27 heavy (non-hydrogen) atoms. The molecule has 2 aromatic carbocycles. The first-order valence-corrected chi connectivity index (χ1v) is 9.13. The smallest absolute Gasteiger partial charge is 0.165 e. The predicted molar refractivity (Wildman–Crippen MR) is 106 cm³/mol. The Morgan fingerprint density at radius 2 is 1.78 bits per heavy atom. The number of benzene rings is 2. The monoisotopic (exact) mass is 388 g/mol. The molecule has 0 bridgehead atoms. The van der Waals surface area contributed by atoms with Gasteiger partial charge in [-0.15, -0.1) is 11.3 Å². The molecular weight excluding hydrogens is 367 g/mol. The van der Waals surface area contributed by atoms with E-state index in [2.05, 4.69) is 10.3 Å². The van der Waals surface area contributed by atoms with Crippen LogP contribution in [0.15, 0.2) is 36.4 Å². The molecule has 3 rings (SSSR count). The van der Waals surface area contributed by atoms with Crippen molar-refractivity contribution >= 4 is 16.3 Å². The minimum absolute atomic E-state index is 0.195. The van der Waals surface area contributed by atoms with Crippen molar-refractivity contribution in [3.05, 3.63) is 52.8 Å². The van der Waals surface area contributed by atoms with Crippen LogP contribution in [0.1, 0.15) is 10.6 Å². The zero-order valence-electron chi connectivity index (χ0n) is 15.6. The standard InChI is InChI=1S/C20H21FN2O3S/c1-12-23-19(13-6-8-16(21)18(9-13)26-4)20(27-12)22-11-14-5-7-15(24-2)10-17(14)25-3/h5-10,22H,11H2,1-4H3. The summed E-state index contributed by atoms with van der Waals surface area (Å²) in [7, 11) is 4.70. The molecule has 0 aliphatic carbocycles. The molecule has 0 aliphatic heterocycles. The van der Waals surface area contributed by atoms with Gasteiger partial charge in [0.1, 0.15) is 22.2 Å². The normalized spacial score (nSPS) is 10.6. The number of hydrogen-bond donors (Lipinski definition) is 1. The van der Waals surface area contributed by atoms with Crippen molar-refractivity contribution in [3.63, 3.8) is 0 Å². The molecule has 0 atom stereocenters. The highest BCUT2D eigenvalue weighted by molar-refractivity contribution is 7.16. The summed E-state index contributed by atoms with van der Waals surface area (Å²) in [5.41, 5.74) is 2.55. The number of anilines is 1. The fraction of sp³-hybridized carbons (Fsp3) is 0.250. The molecule has 1 N–H and O–H groups in total. The first-order chi connectivity index (χ1) is 13.0. The van der Waals surface area contributed by atoms with Crippen molar-refractivity contribution in [2.24, 2.45) is 0 Å². The van der Waals surface area contributed by atoms with Gasteiger partial charge in [-0.2, -0.15) is 0 Å². The van der Waals surface area contributed by atoms with Gasteiger partial charge in [-0.05, 0) is 37.3 Å². The van der Waals surface area contributed by atoms with Gasteiger partial charge in [-0.25, -0.2) is 9.37 Å². The molecule has 0 aliphatic rings. The molecule has 7 heteroatoms. The van der Waals surface area contributed by atoms with Gasteiger partial charge in [-0.1, -0.05) is 0 Å². The number of aryl methyl sites for hydroxylation is 1. The van der Waals surface area contributed by atoms with Crippen LogP contribution in [0.4, 0.5) is 9.39 Å². The zero-order valence-corrected chi connectivity index (χ0v) is 16.4. The summed E-state index contributed by atoms with van der Waals surface area (Å²) in [6.07, 6.45) is 0. The molecule has 0 amide bonds. The van der Waals surface area contributed by atoms with Gasteiger partial charge in [0.25, 0.3) is 0 Å². The van der Waals surface area contributed by atoms with Crippen LogP contribution in [0.2, 0.25) is 0 Å². The van der Waals surface area contributed by atoms with E-state index in [9.17, 15) is 4.39 Å². The van der Waals surface area contributed by atoms with E-state index < -0.39 is 5.82 Å². The van der Waals surface area contributed by atoms with Gasteiger partial charge in [0, 0.05) is 23.7 Å². The molecular formula is C20H21FN2O3S. The second-order valence-corrected chi connectivity index (χ2v) is 6.99. The Balaban J connectivity index is 1.87. The number of ether oxygens (including phenoxy) is 3. The maximum Gasteiger partial charge on any atom is 0.165 e. The molecule has 142 valence electrons. The van der Waals surface area contributed by atoms with Crippen LogP contribution in [-0.4, -0.2) is 26.3 Å². The Hall–Kier alpha value is -2.80. The number of halogens is 1. The van der Waals surface area contributed by atoms with Crippen LogP contribution in [0, 0.1) is 12.7 Å². The van der Waals surface area contributed by atoms with Gasteiger partial charge < -0.3 is 19.5 Å². The van der Waals surface area contributed by atoms with E-state index in [-0.39, 0.29) is 5.75 Å². The predicted octanol–water partition coefficient (Wildman–Crippen LogP) is 4.90. The molecule has 0 saturated heterocycles. The van der Waals surface area contributed by atoms with Crippen LogP contribution < -0.4 is 19.5 Å². The second kappa shape index (κ2) is 8.26. The van der Waals surface area contributed by atoms with Crippen LogP contribution in [0.3, 0.4) is 0 Å². The number of rotatable bonds is 7. The summed E-state index contributed by atoms with van der Waals surface area (Å²) in [5.74, 6) is 1.28. The van der Waals surface area contributed by atoms with Crippen LogP contribution in [0.25, 0.3) is 11.3 Å². The Bertz CT molecular complexity index is 943. The number of methoxy groups -OCH3 is 3. The van der Waals surface area contributed by atoms with E-state index in [4.69, 9.17) is 14.2 Å². The summed E-state index contributed by atoms with van der Waals surface area (Å²) < 4.78 is 29.5. The number of nitrogens with zero attached hydrogens (tertiary/aromatic N) is 1. The molecule has 0 fully saturated rings. The third-order valence-corrected chi connectivity index (χ3v) is 5.02. The van der Waals surface area contributed by atoms with Crippen molar-refractivity contribution in [1.82, 2.24) is 4.98 Å². The average Bonchev–Trinajstić information content (AvgIpc) is 3.07. The fourth-order valence-corrected chi connectivity index (χ4v) is 3.56. The van der Waals surface area contributed by atoms with E-state index in [0.717, 1.165) is 38.3 Å². The highest BCUT2D eigenvalue weighted by atomic mass is 32.1. The topological polar surface area (TPSA) is 52.6 Å². The van der Waals surface area contributed by atoms with E-state index >= 15 is 0 Å². The van der Waals surface area contributed by atoms with Crippen LogP contribution in [0.5, 0.6) is 17.2 Å². The quantitative estimate of drug-likeness (QED) is 0.624. The van der Waals surface area contributed by atoms with Gasteiger partial charge >= 0.3 is 0 Å². The highest BCUT2D eigenvalue weighted by Gasteiger charge is 2.15. The SMILES string of the molecule is COc1ccc(CNc2sc(C)nc2-c2ccc(F)c(OC)c2)c(OC)c1. The summed E-state index contributed by atoms with van der Waals surface area (Å²) in [5, 5.41) is 5.23. The molecule has 5 nitrogen and oxygen atoms in total. The van der Waals surface area contributed by atoms with Crippen LogP contribution >= 0.6 is 11.3 Å². The second-order valence-electron chi connectivity index (χ2n) is 5.79. The lowest BCUT2D eigenvalue weighted by atomic mass is 10.1. The Morgan fingerprint density at radius 3 is 2.48 bits per heavy atom. The molecule has 0 unspecified atom stereocenters. The van der Waals surface area contributed by atoms with Gasteiger partial charge in [0.2, 0.25) is 0 Å². The first-order valence-electron chi connectivity index (χ1n) is 8.31. The Kier molecular flexibility index (Phi) is 5.81. The lowest BCUT2D eigenvalue weighted by molar-refractivity contribution is 0.387. The molecule has 3 aromatic rings. The van der Waals surface area contributed by atoms with Crippen molar-refractivity contribution in [2.75, 3.05) is 26.6 Å². The van der Waals surface area contributed by atoms with Crippen molar-refractivity contribution in [2.45, 2.75) is 13.5 Å². The Labute approximate surface area is 161 Å². The van der Waals surface area contributed by atoms with Gasteiger partial charge in [0.15, 0.2) is 11.6 Å². The fourth-order valence-electron chi connectivity index (χ4n) is 2.72. The van der Waals surface area contributed by atoms with Crippen molar-refractivity contribution in [1.29, 1.82) is 0 Å². The summed E-state index contributed by atoms with van der Waals surface area (Å²) in [6, 6.07) is 10.4. The third kappa shape index (κ3) is 4.14. The lowest BCUT2D eigenvalue weighted by Gasteiger charge is -2.12. The average molecular weight is 388 g/mol. The summed E-state index contributed by atoms with van der Waals surface area (Å²) in [4.78, 5) is 4.59. The van der Waals surface area contributed by atoms with Gasteiger partial charge in [0.05, 0.1) is 26.3 Å². The largest absolute Gasteiger partial charge is 0.497 e. The van der Waals surface area contributed by atoms with Crippen molar-refractivity contribution in [3.8, 4) is 28.5 Å². The van der Waals surface area contributed by atoms with E-state index in [0.29, 0.717) is 6.54 Å². The van der Waals surface area contributed by atoms with E-state index in [1.807, 2.05) is 25.1 Å². The number of nitrogens with one attached hydrogen (secondary N) is 1. The van der Waals surface area contributed by atoms with Crippen LogP contribution in [-0.2, 0) is 6.54 Å². The number of hydrogen-bond acceptors (Lipinski definition) is 6. The van der Waals surface area contributed by atoms with Crippen molar-refractivity contribution < 1.29 is 18.6 Å². The molecule has 0 spiro atoms. The maximum atomic E-state index is 13.7. The molecule has 0 saturated carbocycles. The minimum Gasteiger partial charge on any atom is -0.497 e. The lowest BCUT2D eigenvalue weighted by Crippen LogP contribution is -2.02. The number of thiazole rings is 1. The number of aromatic nitrogens is 1. The van der Waals surface area contributed by atoms with E-state index in [1.54, 1.807) is 37.7 Å². The third-order valence-electron chi connectivity index (χ3n) is 4.09. The summed E-state index contributed by atoms with van der Waals surface area (Å²) in [6.45, 7) is 2.49. The zero-order chi connectivity index (χ0) is 19.4. The summed E-state index contributed by atoms with van der Waals surface area (Å²) >= 11 is 1.54. The minimum atomic E-state index is -0.398. The van der Waals surface area contributed by atoms with E-state index in [1.165, 1.54) is 13.2 Å². The highest BCUT2D eigenvalue weighted by Crippen LogP contribution is 2.36. The molecule has 1 heterocycles. The Morgan fingerprint density at radius 1 is 1.00 bits per heavy atom. The molecule has 0 radical (unpaired) electrons. The maximum absolute atomic E-state index is 13.7. The van der Waals surface area contributed by atoms with Gasteiger partial charge in [-0.3, -0.25) is 0 Å².